The highest BCUT2D eigenvalue weighted by molar-refractivity contribution is 7.92. The Morgan fingerprint density at radius 3 is 2.53 bits per heavy atom. The highest BCUT2D eigenvalue weighted by Gasteiger charge is 2.47. The fraction of sp³-hybridized carbons (Fsp3) is 0.524. The lowest BCUT2D eigenvalue weighted by molar-refractivity contribution is -0.148. The summed E-state index contributed by atoms with van der Waals surface area (Å²) in [6.07, 6.45) is 0.672. The number of rotatable bonds is 7. The summed E-state index contributed by atoms with van der Waals surface area (Å²) in [4.78, 5) is 26.2. The highest BCUT2D eigenvalue weighted by Crippen LogP contribution is 2.34. The van der Waals surface area contributed by atoms with Crippen LogP contribution < -0.4 is 4.74 Å². The molecule has 0 spiro atoms. The number of esters is 1. The molecule has 1 aliphatic heterocycles. The van der Waals surface area contributed by atoms with Gasteiger partial charge in [0.25, 0.3) is 0 Å². The number of nitrogens with zero attached hydrogens (tertiary/aromatic N) is 1. The summed E-state index contributed by atoms with van der Waals surface area (Å²) < 4.78 is 42.6. The van der Waals surface area contributed by atoms with Gasteiger partial charge in [-0.05, 0) is 46.2 Å². The van der Waals surface area contributed by atoms with Crippen LogP contribution >= 0.6 is 0 Å². The van der Waals surface area contributed by atoms with Gasteiger partial charge >= 0.3 is 12.1 Å². The van der Waals surface area contributed by atoms with Crippen LogP contribution in [0.3, 0.4) is 0 Å². The number of likely N-dealkylation sites (tertiary alicyclic amines) is 1. The molecule has 9 heteroatoms. The van der Waals surface area contributed by atoms with E-state index < -0.39 is 38.8 Å². The Kier molecular flexibility index (Phi) is 7.52. The summed E-state index contributed by atoms with van der Waals surface area (Å²) in [5, 5.41) is -1.01. The van der Waals surface area contributed by atoms with Gasteiger partial charge in [-0.25, -0.2) is 18.0 Å². The van der Waals surface area contributed by atoms with Crippen molar-refractivity contribution in [2.45, 2.75) is 55.9 Å². The summed E-state index contributed by atoms with van der Waals surface area (Å²) in [6, 6.07) is 5.22. The molecule has 2 rings (SSSR count). The molecule has 1 heterocycles. The first kappa shape index (κ1) is 23.7. The molecule has 0 unspecified atom stereocenters. The predicted molar refractivity (Wildman–Crippen MR) is 111 cm³/mol. The summed E-state index contributed by atoms with van der Waals surface area (Å²) in [5.41, 5.74) is -0.793. The number of carbonyl (C=O) groups is 2. The maximum absolute atomic E-state index is 13.4. The van der Waals surface area contributed by atoms with Crippen LogP contribution in [0.25, 0.3) is 0 Å². The number of carbonyl (C=O) groups excluding carboxylic acids is 2. The van der Waals surface area contributed by atoms with Crippen molar-refractivity contribution in [1.29, 1.82) is 0 Å². The zero-order chi connectivity index (χ0) is 22.5. The zero-order valence-electron chi connectivity index (χ0n) is 17.8. The molecule has 8 nitrogen and oxygen atoms in total. The van der Waals surface area contributed by atoms with Crippen LogP contribution in [-0.2, 0) is 24.1 Å². The van der Waals surface area contributed by atoms with Gasteiger partial charge in [-0.15, -0.1) is 0 Å². The maximum Gasteiger partial charge on any atom is 0.411 e. The van der Waals surface area contributed by atoms with Crippen molar-refractivity contribution in [1.82, 2.24) is 4.90 Å². The first-order valence-electron chi connectivity index (χ1n) is 9.74. The van der Waals surface area contributed by atoms with Gasteiger partial charge in [0.15, 0.2) is 9.84 Å². The zero-order valence-corrected chi connectivity index (χ0v) is 18.6. The van der Waals surface area contributed by atoms with E-state index in [-0.39, 0.29) is 36.8 Å². The third-order valence-electron chi connectivity index (χ3n) is 4.40. The quantitative estimate of drug-likeness (QED) is 0.476. The smallest absolute Gasteiger partial charge is 0.411 e. The molecule has 30 heavy (non-hydrogen) atoms. The van der Waals surface area contributed by atoms with Crippen LogP contribution in [0, 0.1) is 0 Å². The lowest BCUT2D eigenvalue weighted by Crippen LogP contribution is -2.44. The monoisotopic (exact) mass is 439 g/mol. The molecule has 1 saturated heterocycles. The Balaban J connectivity index is 2.36. The van der Waals surface area contributed by atoms with E-state index in [0.29, 0.717) is 0 Å². The second-order valence-corrected chi connectivity index (χ2v) is 10.0. The Labute approximate surface area is 177 Å². The third-order valence-corrected chi connectivity index (χ3v) is 6.57. The van der Waals surface area contributed by atoms with Gasteiger partial charge in [-0.3, -0.25) is 4.90 Å². The molecule has 0 saturated carbocycles. The van der Waals surface area contributed by atoms with Crippen LogP contribution in [0.15, 0.2) is 41.8 Å². The van der Waals surface area contributed by atoms with Crippen molar-refractivity contribution in [3.05, 3.63) is 36.9 Å². The molecule has 0 bridgehead atoms. The average Bonchev–Trinajstić information content (AvgIpc) is 3.12. The van der Waals surface area contributed by atoms with Crippen molar-refractivity contribution in [2.24, 2.45) is 0 Å². The van der Waals surface area contributed by atoms with E-state index in [4.69, 9.17) is 14.2 Å². The summed E-state index contributed by atoms with van der Waals surface area (Å²) in [6.45, 7) is 10.4. The molecule has 0 N–H and O–H groups in total. The van der Waals surface area contributed by atoms with Crippen LogP contribution in [0.1, 0.15) is 34.1 Å². The standard InChI is InChI=1S/C21H29NO7S/c1-6-12-28-17-10-8-9-11-18(17)30(25,26)15-13-16(19(23)27-7-2)22(14-15)20(24)29-21(3,4)5/h6,8-11,15-16H,1,7,12-14H2,2-5H3/t15-,16+/m1/s1. The SMILES string of the molecule is C=CCOc1ccccc1S(=O)(=O)[C@@H]1C[C@@H](C(=O)OCC)N(C(=O)OC(C)(C)C)C1. The molecule has 1 aliphatic rings. The van der Waals surface area contributed by atoms with Gasteiger partial charge in [0.1, 0.15) is 28.9 Å². The minimum atomic E-state index is -3.91. The molecular formula is C21H29NO7S. The topological polar surface area (TPSA) is 99.2 Å². The van der Waals surface area contributed by atoms with E-state index in [2.05, 4.69) is 6.58 Å². The molecule has 2 atom stereocenters. The third kappa shape index (κ3) is 5.53. The lowest BCUT2D eigenvalue weighted by Gasteiger charge is -2.27. The highest BCUT2D eigenvalue weighted by atomic mass is 32.2. The Morgan fingerprint density at radius 1 is 1.27 bits per heavy atom. The van der Waals surface area contributed by atoms with Crippen molar-refractivity contribution in [2.75, 3.05) is 19.8 Å². The van der Waals surface area contributed by atoms with Crippen LogP contribution in [0.4, 0.5) is 4.79 Å². The molecule has 1 amide bonds. The lowest BCUT2D eigenvalue weighted by atomic mass is 10.2. The number of hydrogen-bond acceptors (Lipinski definition) is 7. The van der Waals surface area contributed by atoms with Crippen LogP contribution in [0.5, 0.6) is 5.75 Å². The minimum absolute atomic E-state index is 0.00509. The summed E-state index contributed by atoms with van der Waals surface area (Å²) in [5.74, 6) is -0.460. The van der Waals surface area contributed by atoms with Crippen LogP contribution in [-0.4, -0.2) is 62.0 Å². The molecule has 166 valence electrons. The summed E-state index contributed by atoms with van der Waals surface area (Å²) in [7, 11) is -3.91. The van der Waals surface area contributed by atoms with Crippen molar-refractivity contribution in [3.63, 3.8) is 0 Å². The second-order valence-electron chi connectivity index (χ2n) is 7.85. The van der Waals surface area contributed by atoms with Crippen molar-refractivity contribution in [3.8, 4) is 5.75 Å². The number of para-hydroxylation sites is 1. The van der Waals surface area contributed by atoms with Gasteiger partial charge < -0.3 is 14.2 Å². The van der Waals surface area contributed by atoms with Gasteiger partial charge in [-0.2, -0.15) is 0 Å². The molecule has 0 aliphatic carbocycles. The molecule has 1 aromatic rings. The fourth-order valence-electron chi connectivity index (χ4n) is 3.14. The Bertz CT molecular complexity index is 889. The van der Waals surface area contributed by atoms with Gasteiger partial charge in [0.05, 0.1) is 11.9 Å². The molecule has 1 fully saturated rings. The van der Waals surface area contributed by atoms with E-state index in [1.54, 1.807) is 45.9 Å². The van der Waals surface area contributed by atoms with Gasteiger partial charge in [0, 0.05) is 6.54 Å². The largest absolute Gasteiger partial charge is 0.488 e. The van der Waals surface area contributed by atoms with E-state index in [9.17, 15) is 18.0 Å². The fourth-order valence-corrected chi connectivity index (χ4v) is 4.97. The molecular weight excluding hydrogens is 410 g/mol. The first-order valence-corrected chi connectivity index (χ1v) is 11.3. The van der Waals surface area contributed by atoms with Gasteiger partial charge in [-0.1, -0.05) is 24.8 Å². The average molecular weight is 440 g/mol. The molecule has 0 aromatic heterocycles. The number of ether oxygens (including phenoxy) is 3. The minimum Gasteiger partial charge on any atom is -0.488 e. The molecule has 1 aromatic carbocycles. The van der Waals surface area contributed by atoms with E-state index >= 15 is 0 Å². The summed E-state index contributed by atoms with van der Waals surface area (Å²) >= 11 is 0. The van der Waals surface area contributed by atoms with Gasteiger partial charge in [0.2, 0.25) is 0 Å². The number of amides is 1. The normalized spacial score (nSPS) is 19.3. The predicted octanol–water partition coefficient (Wildman–Crippen LogP) is 2.97. The number of hydrogen-bond donors (Lipinski definition) is 0. The van der Waals surface area contributed by atoms with Crippen LogP contribution in [0.2, 0.25) is 0 Å². The Hall–Kier alpha value is -2.55. The van der Waals surface area contributed by atoms with Crippen molar-refractivity contribution >= 4 is 21.9 Å². The van der Waals surface area contributed by atoms with Crippen molar-refractivity contribution < 1.29 is 32.2 Å². The number of sulfone groups is 1. The molecule has 0 radical (unpaired) electrons. The maximum atomic E-state index is 13.4. The van der Waals surface area contributed by atoms with E-state index in [0.717, 1.165) is 4.90 Å². The number of benzene rings is 1. The Morgan fingerprint density at radius 2 is 1.93 bits per heavy atom. The van der Waals surface area contributed by atoms with E-state index in [1.807, 2.05) is 0 Å². The van der Waals surface area contributed by atoms with E-state index in [1.165, 1.54) is 12.1 Å². The second kappa shape index (κ2) is 9.51. The first-order chi connectivity index (χ1) is 14.0.